The summed E-state index contributed by atoms with van der Waals surface area (Å²) in [5, 5.41) is -0.510. The molecule has 0 aliphatic carbocycles. The first-order chi connectivity index (χ1) is 6.49. The molecule has 0 atom stereocenters. The molecule has 0 N–H and O–H groups in total. The van der Waals surface area contributed by atoms with Crippen molar-refractivity contribution in [2.45, 2.75) is 20.8 Å². The van der Waals surface area contributed by atoms with Gasteiger partial charge >= 0.3 is 10.5 Å². The molecule has 14 heavy (non-hydrogen) atoms. The Hall–Kier alpha value is -0.803. The average Bonchev–Trinajstić information content (AvgIpc) is 2.13. The van der Waals surface area contributed by atoms with Crippen molar-refractivity contribution in [3.8, 4) is 5.75 Å². The Morgan fingerprint density at radius 1 is 1.36 bits per heavy atom. The first kappa shape index (κ1) is 11.3. The van der Waals surface area contributed by atoms with Crippen molar-refractivity contribution in [3.63, 3.8) is 0 Å². The zero-order valence-corrected chi connectivity index (χ0v) is 10.0. The summed E-state index contributed by atoms with van der Waals surface area (Å²) >= 11 is 5.44. The van der Waals surface area contributed by atoms with Crippen LogP contribution in [0.2, 0.25) is 0 Å². The van der Waals surface area contributed by atoms with Crippen LogP contribution in [0.4, 0.5) is 0 Å². The topological polar surface area (TPSA) is 26.3 Å². The molecule has 4 heteroatoms. The van der Waals surface area contributed by atoms with Gasteiger partial charge in [0.05, 0.1) is 5.56 Å². The summed E-state index contributed by atoms with van der Waals surface area (Å²) < 4.78 is 4.97. The predicted molar refractivity (Wildman–Crippen MR) is 57.2 cm³/mol. The Morgan fingerprint density at radius 3 is 2.36 bits per heavy atom. The fourth-order valence-electron chi connectivity index (χ4n) is 1.34. The number of carbonyl (C=O) groups excluding carboxylic acids is 1. The van der Waals surface area contributed by atoms with E-state index in [0.29, 0.717) is 11.3 Å². The van der Waals surface area contributed by atoms with Crippen LogP contribution in [0.25, 0.3) is 0 Å². The lowest BCUT2D eigenvalue weighted by atomic mass is 10.00. The maximum atomic E-state index is 11.1. The lowest BCUT2D eigenvalue weighted by molar-refractivity contribution is 0.107. The highest BCUT2D eigenvalue weighted by Crippen LogP contribution is 2.29. The van der Waals surface area contributed by atoms with Gasteiger partial charge in [0.1, 0.15) is 5.75 Å². The van der Waals surface area contributed by atoms with E-state index in [-0.39, 0.29) is 0 Å². The van der Waals surface area contributed by atoms with Crippen molar-refractivity contribution in [1.29, 1.82) is 0 Å². The van der Waals surface area contributed by atoms with Crippen LogP contribution in [0.15, 0.2) is 6.07 Å². The summed E-state index contributed by atoms with van der Waals surface area (Å²) in [5.74, 6) is 0.491. The van der Waals surface area contributed by atoms with Crippen LogP contribution in [0.5, 0.6) is 5.75 Å². The number of halogens is 1. The molecule has 0 heterocycles. The number of carbonyl (C=O) groups is 1. The first-order valence-electron chi connectivity index (χ1n) is 4.13. The fraction of sp³-hybridized carbons (Fsp3) is 0.300. The summed E-state index contributed by atoms with van der Waals surface area (Å²) in [5.41, 5.74) is 3.44. The smallest absolute Gasteiger partial charge is 0.341 e. The second kappa shape index (κ2) is 4.15. The summed E-state index contributed by atoms with van der Waals surface area (Å²) in [6, 6.07) is 1.73. The van der Waals surface area contributed by atoms with Gasteiger partial charge in [-0.1, -0.05) is 0 Å². The Bertz CT molecular complexity index is 388. The van der Waals surface area contributed by atoms with Crippen molar-refractivity contribution in [3.05, 3.63) is 28.3 Å². The standard InChI is InChI=1S/C10H10ClO2Si/c1-5-4-8(10(11)12)9(13-14)7(3)6(5)2/h4H,1-3H3. The maximum Gasteiger partial charge on any atom is 0.341 e. The molecule has 0 saturated carbocycles. The van der Waals surface area contributed by atoms with E-state index in [2.05, 4.69) is 10.5 Å². The largest absolute Gasteiger partial charge is 0.540 e. The van der Waals surface area contributed by atoms with E-state index in [1.165, 1.54) is 0 Å². The van der Waals surface area contributed by atoms with Crippen LogP contribution in [0.3, 0.4) is 0 Å². The van der Waals surface area contributed by atoms with E-state index in [1.54, 1.807) is 6.07 Å². The van der Waals surface area contributed by atoms with Gasteiger partial charge in [-0.25, -0.2) is 0 Å². The van der Waals surface area contributed by atoms with Crippen LogP contribution in [0.1, 0.15) is 27.0 Å². The zero-order chi connectivity index (χ0) is 10.9. The van der Waals surface area contributed by atoms with Crippen LogP contribution >= 0.6 is 11.6 Å². The lowest BCUT2D eigenvalue weighted by Crippen LogP contribution is -2.02. The minimum atomic E-state index is -0.510. The monoisotopic (exact) mass is 225 g/mol. The van der Waals surface area contributed by atoms with Crippen LogP contribution in [-0.4, -0.2) is 15.7 Å². The average molecular weight is 226 g/mol. The minimum absolute atomic E-state index is 0.391. The molecule has 1 aromatic carbocycles. The number of benzene rings is 1. The third kappa shape index (κ3) is 1.83. The summed E-state index contributed by atoms with van der Waals surface area (Å²) in [6.07, 6.45) is 0. The molecule has 0 unspecified atom stereocenters. The Kier molecular flexibility index (Phi) is 3.34. The Morgan fingerprint density at radius 2 is 1.93 bits per heavy atom. The molecular formula is C10H10ClO2Si. The highest BCUT2D eigenvalue weighted by Gasteiger charge is 2.15. The Balaban J connectivity index is 3.51. The van der Waals surface area contributed by atoms with Crippen molar-refractivity contribution >= 4 is 27.3 Å². The van der Waals surface area contributed by atoms with Gasteiger partial charge in [0.15, 0.2) is 0 Å². The van der Waals surface area contributed by atoms with Crippen molar-refractivity contribution in [1.82, 2.24) is 0 Å². The molecule has 1 rings (SSSR count). The SMILES string of the molecule is Cc1cc(C(=O)Cl)c(O[Si])c(C)c1C. The molecule has 0 aliphatic heterocycles. The van der Waals surface area contributed by atoms with Gasteiger partial charge in [-0.15, -0.1) is 0 Å². The van der Waals surface area contributed by atoms with Crippen LogP contribution in [-0.2, 0) is 0 Å². The molecule has 0 fully saturated rings. The highest BCUT2D eigenvalue weighted by molar-refractivity contribution is 6.68. The predicted octanol–water partition coefficient (Wildman–Crippen LogP) is 2.45. The number of hydrogen-bond acceptors (Lipinski definition) is 2. The van der Waals surface area contributed by atoms with Gasteiger partial charge in [-0.05, 0) is 55.1 Å². The van der Waals surface area contributed by atoms with Crippen molar-refractivity contribution < 1.29 is 9.22 Å². The minimum Gasteiger partial charge on any atom is -0.540 e. The van der Waals surface area contributed by atoms with E-state index < -0.39 is 5.24 Å². The van der Waals surface area contributed by atoms with Gasteiger partial charge in [-0.3, -0.25) is 4.79 Å². The zero-order valence-electron chi connectivity index (χ0n) is 8.27. The third-order valence-electron chi connectivity index (χ3n) is 2.41. The summed E-state index contributed by atoms with van der Waals surface area (Å²) in [7, 11) is 2.92. The quantitative estimate of drug-likeness (QED) is 0.571. The Labute approximate surface area is 91.8 Å². The number of rotatable bonds is 2. The third-order valence-corrected chi connectivity index (χ3v) is 2.82. The van der Waals surface area contributed by atoms with E-state index in [9.17, 15) is 4.79 Å². The van der Waals surface area contributed by atoms with Gasteiger partial charge < -0.3 is 4.43 Å². The molecule has 0 amide bonds. The second-order valence-electron chi connectivity index (χ2n) is 3.20. The highest BCUT2D eigenvalue weighted by atomic mass is 35.5. The van der Waals surface area contributed by atoms with Gasteiger partial charge in [0.2, 0.25) is 0 Å². The summed E-state index contributed by atoms with van der Waals surface area (Å²) in [6.45, 7) is 5.80. The number of aryl methyl sites for hydroxylation is 1. The normalized spacial score (nSPS) is 10.1. The molecule has 2 nitrogen and oxygen atoms in total. The molecule has 0 saturated heterocycles. The molecular weight excluding hydrogens is 216 g/mol. The van der Waals surface area contributed by atoms with Gasteiger partial charge in [0.25, 0.3) is 5.24 Å². The van der Waals surface area contributed by atoms with E-state index in [0.717, 1.165) is 16.7 Å². The molecule has 73 valence electrons. The van der Waals surface area contributed by atoms with E-state index in [1.807, 2.05) is 20.8 Å². The summed E-state index contributed by atoms with van der Waals surface area (Å²) in [4.78, 5) is 11.1. The van der Waals surface area contributed by atoms with Crippen molar-refractivity contribution in [2.24, 2.45) is 0 Å². The van der Waals surface area contributed by atoms with E-state index in [4.69, 9.17) is 16.0 Å². The number of hydrogen-bond donors (Lipinski definition) is 0. The maximum absolute atomic E-state index is 11.1. The second-order valence-corrected chi connectivity index (χ2v) is 3.74. The fourth-order valence-corrected chi connectivity index (χ4v) is 1.74. The molecule has 0 aliphatic rings. The molecule has 0 aromatic heterocycles. The lowest BCUT2D eigenvalue weighted by Gasteiger charge is -2.13. The molecule has 0 spiro atoms. The van der Waals surface area contributed by atoms with Gasteiger partial charge in [-0.2, -0.15) is 0 Å². The first-order valence-corrected chi connectivity index (χ1v) is 4.91. The molecule has 3 radical (unpaired) electrons. The molecule has 1 aromatic rings. The van der Waals surface area contributed by atoms with Crippen LogP contribution in [0, 0.1) is 20.8 Å². The van der Waals surface area contributed by atoms with E-state index >= 15 is 0 Å². The van der Waals surface area contributed by atoms with Crippen LogP contribution < -0.4 is 4.43 Å². The van der Waals surface area contributed by atoms with Gasteiger partial charge in [0, 0.05) is 0 Å². The molecule has 0 bridgehead atoms. The van der Waals surface area contributed by atoms with Crippen molar-refractivity contribution in [2.75, 3.05) is 0 Å².